The van der Waals surface area contributed by atoms with Gasteiger partial charge in [0.2, 0.25) is 0 Å². The van der Waals surface area contributed by atoms with Crippen molar-refractivity contribution in [3.63, 3.8) is 0 Å². The molecule has 0 aliphatic heterocycles. The van der Waals surface area contributed by atoms with Gasteiger partial charge in [-0.2, -0.15) is 0 Å². The summed E-state index contributed by atoms with van der Waals surface area (Å²) in [5, 5.41) is 18.1. The van der Waals surface area contributed by atoms with Crippen molar-refractivity contribution in [2.45, 2.75) is 77.2 Å². The molecule has 4 nitrogen and oxygen atoms in total. The molecule has 0 aromatic carbocycles. The van der Waals surface area contributed by atoms with Crippen molar-refractivity contribution in [1.82, 2.24) is 0 Å². The standard InChI is InChI=1S/C14H26O4/c1-12(15)8-5-3-2-4-6-9-13(16)10-7-11-14(17)18/h13,16H,2-11H2,1H3,(H,17,18)/t13-/m0/s1. The Kier molecular flexibility index (Phi) is 10.6. The highest BCUT2D eigenvalue weighted by Crippen LogP contribution is 2.12. The molecule has 0 aliphatic rings. The average molecular weight is 258 g/mol. The minimum absolute atomic E-state index is 0.141. The second kappa shape index (κ2) is 11.2. The second-order valence-electron chi connectivity index (χ2n) is 4.95. The van der Waals surface area contributed by atoms with E-state index in [1.54, 1.807) is 6.92 Å². The van der Waals surface area contributed by atoms with E-state index in [0.29, 0.717) is 19.3 Å². The topological polar surface area (TPSA) is 74.6 Å². The van der Waals surface area contributed by atoms with Gasteiger partial charge in [0, 0.05) is 12.8 Å². The number of carbonyl (C=O) groups is 2. The lowest BCUT2D eigenvalue weighted by Crippen LogP contribution is -2.07. The first-order valence-corrected chi connectivity index (χ1v) is 6.91. The highest BCUT2D eigenvalue weighted by Gasteiger charge is 2.05. The monoisotopic (exact) mass is 258 g/mol. The molecule has 4 heteroatoms. The predicted octanol–water partition coefficient (Wildman–Crippen LogP) is 2.92. The summed E-state index contributed by atoms with van der Waals surface area (Å²) in [5.41, 5.74) is 0. The number of Topliss-reactive ketones (excluding diaryl/α,β-unsaturated/α-hetero) is 1. The first-order valence-electron chi connectivity index (χ1n) is 6.91. The molecule has 0 fully saturated rings. The van der Waals surface area contributed by atoms with Crippen LogP contribution in [0.15, 0.2) is 0 Å². The van der Waals surface area contributed by atoms with Gasteiger partial charge in [0.05, 0.1) is 6.10 Å². The quantitative estimate of drug-likeness (QED) is 0.528. The number of aliphatic hydroxyl groups is 1. The van der Waals surface area contributed by atoms with Crippen LogP contribution in [0.4, 0.5) is 0 Å². The van der Waals surface area contributed by atoms with Crippen molar-refractivity contribution in [3.05, 3.63) is 0 Å². The van der Waals surface area contributed by atoms with Gasteiger partial charge in [0.15, 0.2) is 0 Å². The van der Waals surface area contributed by atoms with E-state index in [1.165, 1.54) is 0 Å². The Balaban J connectivity index is 3.22. The van der Waals surface area contributed by atoms with E-state index >= 15 is 0 Å². The molecule has 0 aliphatic carbocycles. The SMILES string of the molecule is CC(=O)CCCCCCC[C@H](O)CCCC(=O)O. The number of aliphatic carboxylic acids is 1. The third-order valence-corrected chi connectivity index (χ3v) is 2.99. The fourth-order valence-electron chi connectivity index (χ4n) is 1.92. The van der Waals surface area contributed by atoms with Gasteiger partial charge >= 0.3 is 5.97 Å². The van der Waals surface area contributed by atoms with Gasteiger partial charge in [-0.3, -0.25) is 4.79 Å². The van der Waals surface area contributed by atoms with Gasteiger partial charge in [0.1, 0.15) is 5.78 Å². The first-order chi connectivity index (χ1) is 8.52. The number of hydrogen-bond donors (Lipinski definition) is 2. The maximum atomic E-state index is 10.7. The van der Waals surface area contributed by atoms with E-state index in [1.807, 2.05) is 0 Å². The zero-order valence-corrected chi connectivity index (χ0v) is 11.4. The van der Waals surface area contributed by atoms with Gasteiger partial charge < -0.3 is 15.0 Å². The molecule has 0 unspecified atom stereocenters. The van der Waals surface area contributed by atoms with Gasteiger partial charge in [-0.15, -0.1) is 0 Å². The third kappa shape index (κ3) is 13.2. The van der Waals surface area contributed by atoms with Crippen LogP contribution in [0, 0.1) is 0 Å². The van der Waals surface area contributed by atoms with Gasteiger partial charge in [-0.25, -0.2) is 0 Å². The molecule has 0 spiro atoms. The van der Waals surface area contributed by atoms with E-state index in [0.717, 1.165) is 38.5 Å². The van der Waals surface area contributed by atoms with Crippen molar-refractivity contribution in [1.29, 1.82) is 0 Å². The molecule has 1 atom stereocenters. The summed E-state index contributed by atoms with van der Waals surface area (Å²) in [4.78, 5) is 21.0. The third-order valence-electron chi connectivity index (χ3n) is 2.99. The van der Waals surface area contributed by atoms with Crippen LogP contribution in [0.3, 0.4) is 0 Å². The lowest BCUT2D eigenvalue weighted by molar-refractivity contribution is -0.137. The van der Waals surface area contributed by atoms with E-state index in [2.05, 4.69) is 0 Å². The van der Waals surface area contributed by atoms with Crippen molar-refractivity contribution in [2.75, 3.05) is 0 Å². The van der Waals surface area contributed by atoms with Crippen molar-refractivity contribution < 1.29 is 19.8 Å². The second-order valence-corrected chi connectivity index (χ2v) is 4.95. The van der Waals surface area contributed by atoms with Crippen molar-refractivity contribution >= 4 is 11.8 Å². The maximum absolute atomic E-state index is 10.7. The largest absolute Gasteiger partial charge is 0.481 e. The van der Waals surface area contributed by atoms with Crippen LogP contribution in [-0.2, 0) is 9.59 Å². The van der Waals surface area contributed by atoms with Crippen LogP contribution in [0.5, 0.6) is 0 Å². The van der Waals surface area contributed by atoms with Crippen LogP contribution < -0.4 is 0 Å². The van der Waals surface area contributed by atoms with Gasteiger partial charge in [-0.1, -0.05) is 25.7 Å². The molecule has 0 radical (unpaired) electrons. The lowest BCUT2D eigenvalue weighted by atomic mass is 10.0. The zero-order chi connectivity index (χ0) is 13.8. The molecule has 0 saturated heterocycles. The number of rotatable bonds is 12. The minimum Gasteiger partial charge on any atom is -0.481 e. The summed E-state index contributed by atoms with van der Waals surface area (Å²) in [6.07, 6.45) is 7.56. The molecule has 0 saturated carbocycles. The summed E-state index contributed by atoms with van der Waals surface area (Å²) in [5.74, 6) is -0.545. The van der Waals surface area contributed by atoms with E-state index < -0.39 is 5.97 Å². The molecule has 0 bridgehead atoms. The molecule has 0 heterocycles. The highest BCUT2D eigenvalue weighted by atomic mass is 16.4. The van der Waals surface area contributed by atoms with Crippen molar-refractivity contribution in [2.24, 2.45) is 0 Å². The fourth-order valence-corrected chi connectivity index (χ4v) is 1.92. The highest BCUT2D eigenvalue weighted by molar-refractivity contribution is 5.75. The lowest BCUT2D eigenvalue weighted by Gasteiger charge is -2.09. The number of aliphatic hydroxyl groups excluding tert-OH is 1. The Labute approximate surface area is 109 Å². The molecule has 106 valence electrons. The number of unbranched alkanes of at least 4 members (excludes halogenated alkanes) is 4. The molecule has 0 rings (SSSR count). The van der Waals surface area contributed by atoms with Crippen LogP contribution in [0.2, 0.25) is 0 Å². The molecule has 0 aromatic heterocycles. The minimum atomic E-state index is -0.798. The fraction of sp³-hybridized carbons (Fsp3) is 0.857. The predicted molar refractivity (Wildman–Crippen MR) is 70.5 cm³/mol. The number of carboxylic acid groups (broad SMARTS) is 1. The van der Waals surface area contributed by atoms with Crippen LogP contribution >= 0.6 is 0 Å². The van der Waals surface area contributed by atoms with Crippen molar-refractivity contribution in [3.8, 4) is 0 Å². The van der Waals surface area contributed by atoms with Gasteiger partial charge in [-0.05, 0) is 32.6 Å². The molecule has 0 aromatic rings. The summed E-state index contributed by atoms with van der Waals surface area (Å²) < 4.78 is 0. The normalized spacial score (nSPS) is 12.3. The molecule has 0 amide bonds. The zero-order valence-electron chi connectivity index (χ0n) is 11.4. The maximum Gasteiger partial charge on any atom is 0.303 e. The number of carbonyl (C=O) groups excluding carboxylic acids is 1. The average Bonchev–Trinajstić information content (AvgIpc) is 2.26. The van der Waals surface area contributed by atoms with Crippen LogP contribution in [0.25, 0.3) is 0 Å². The van der Waals surface area contributed by atoms with Gasteiger partial charge in [0.25, 0.3) is 0 Å². The Morgan fingerprint density at radius 2 is 1.44 bits per heavy atom. The Morgan fingerprint density at radius 1 is 0.889 bits per heavy atom. The summed E-state index contributed by atoms with van der Waals surface area (Å²) in [7, 11) is 0. The number of carboxylic acids is 1. The van der Waals surface area contributed by atoms with Crippen LogP contribution in [0.1, 0.15) is 71.1 Å². The van der Waals surface area contributed by atoms with Crippen LogP contribution in [-0.4, -0.2) is 28.1 Å². The summed E-state index contributed by atoms with van der Waals surface area (Å²) >= 11 is 0. The smallest absolute Gasteiger partial charge is 0.303 e. The van der Waals surface area contributed by atoms with E-state index in [-0.39, 0.29) is 18.3 Å². The molecule has 2 N–H and O–H groups in total. The molecular weight excluding hydrogens is 232 g/mol. The summed E-state index contributed by atoms with van der Waals surface area (Å²) in [6.45, 7) is 1.62. The number of ketones is 1. The first kappa shape index (κ1) is 17.1. The molecular formula is C14H26O4. The number of hydrogen-bond acceptors (Lipinski definition) is 3. The van der Waals surface area contributed by atoms with E-state index in [9.17, 15) is 14.7 Å². The van der Waals surface area contributed by atoms with E-state index in [4.69, 9.17) is 5.11 Å². The Hall–Kier alpha value is -0.900. The Morgan fingerprint density at radius 3 is 2.06 bits per heavy atom. The summed E-state index contributed by atoms with van der Waals surface area (Å²) in [6, 6.07) is 0. The molecule has 18 heavy (non-hydrogen) atoms. The Bertz CT molecular complexity index is 238.